The zero-order valence-corrected chi connectivity index (χ0v) is 26.8. The molecule has 0 spiro atoms. The number of fused-ring (bicyclic) bond motifs is 1. The molecular formula is C31H41BrFN5O4. The van der Waals surface area contributed by atoms with Gasteiger partial charge in [0, 0.05) is 37.3 Å². The molecule has 2 amide bonds. The number of anilines is 1. The molecule has 1 N–H and O–H groups in total. The smallest absolute Gasteiger partial charge is 0.411 e. The lowest BCUT2D eigenvalue weighted by molar-refractivity contribution is -0.134. The van der Waals surface area contributed by atoms with Gasteiger partial charge in [0.2, 0.25) is 5.91 Å². The van der Waals surface area contributed by atoms with Crippen LogP contribution in [0.1, 0.15) is 95.6 Å². The molecule has 1 aromatic heterocycles. The summed E-state index contributed by atoms with van der Waals surface area (Å²) < 4.78 is 21.0. The molecule has 2 aliphatic heterocycles. The molecule has 3 aliphatic rings. The molecular weight excluding hydrogens is 605 g/mol. The van der Waals surface area contributed by atoms with E-state index in [1.165, 1.54) is 12.4 Å². The molecule has 2 saturated heterocycles. The lowest BCUT2D eigenvalue weighted by Gasteiger charge is -2.42. The van der Waals surface area contributed by atoms with Gasteiger partial charge >= 0.3 is 6.09 Å². The van der Waals surface area contributed by atoms with Gasteiger partial charge in [-0.1, -0.05) is 13.0 Å². The second-order valence-electron chi connectivity index (χ2n) is 13.4. The minimum atomic E-state index is -0.757. The van der Waals surface area contributed by atoms with Crippen molar-refractivity contribution in [2.45, 2.75) is 95.9 Å². The predicted molar refractivity (Wildman–Crippen MR) is 161 cm³/mol. The Kier molecular flexibility index (Phi) is 8.30. The first kappa shape index (κ1) is 30.7. The maximum Gasteiger partial charge on any atom is 0.411 e. The molecule has 5 rings (SSSR count). The van der Waals surface area contributed by atoms with E-state index in [0.717, 1.165) is 11.4 Å². The summed E-state index contributed by atoms with van der Waals surface area (Å²) in [4.78, 5) is 42.5. The van der Waals surface area contributed by atoms with Crippen molar-refractivity contribution in [3.05, 3.63) is 51.6 Å². The van der Waals surface area contributed by atoms with Crippen LogP contribution in [-0.4, -0.2) is 80.2 Å². The summed E-state index contributed by atoms with van der Waals surface area (Å²) in [5, 5.41) is 10.4. The number of aliphatic hydroxyl groups is 1. The third-order valence-electron chi connectivity index (χ3n) is 8.75. The number of likely N-dealkylation sites (tertiary alicyclic amines) is 1. The van der Waals surface area contributed by atoms with Crippen molar-refractivity contribution < 1.29 is 23.8 Å². The van der Waals surface area contributed by atoms with Crippen molar-refractivity contribution in [2.24, 2.45) is 0 Å². The van der Waals surface area contributed by atoms with Crippen LogP contribution in [0.25, 0.3) is 0 Å². The van der Waals surface area contributed by atoms with E-state index in [4.69, 9.17) is 4.74 Å². The monoisotopic (exact) mass is 645 g/mol. The molecule has 1 aromatic carbocycles. The number of hydrogen-bond acceptors (Lipinski definition) is 7. The van der Waals surface area contributed by atoms with Gasteiger partial charge in [0.1, 0.15) is 23.6 Å². The van der Waals surface area contributed by atoms with Crippen molar-refractivity contribution in [3.8, 4) is 0 Å². The number of piperazine rings is 1. The Morgan fingerprint density at radius 3 is 2.50 bits per heavy atom. The zero-order chi connectivity index (χ0) is 30.6. The Bertz CT molecular complexity index is 1360. The molecule has 2 aromatic rings. The number of aliphatic hydroxyl groups excluding tert-OH is 1. The standard InChI is InChI=1S/C31H41BrFN5O4/c1-18-15-23(39)26-24(18)27(35-17-34-26)36-11-13-37(14-12-36)28(40)25(19-7-8-20(32)21(33)16-19)22-9-10-31(5,6)38(22)29(41)42-30(2,3)4/h7-8,16-18,22-23,25,39H,9-15H2,1-6H3/t18-,22?,23-,25+/m1/s1. The van der Waals surface area contributed by atoms with Crippen LogP contribution in [0.4, 0.5) is 15.0 Å². The molecule has 42 heavy (non-hydrogen) atoms. The number of nitrogens with zero attached hydrogens (tertiary/aromatic N) is 5. The Morgan fingerprint density at radius 1 is 1.17 bits per heavy atom. The van der Waals surface area contributed by atoms with Crippen molar-refractivity contribution in [3.63, 3.8) is 0 Å². The summed E-state index contributed by atoms with van der Waals surface area (Å²) in [6.45, 7) is 13.5. The third kappa shape index (κ3) is 5.86. The van der Waals surface area contributed by atoms with Crippen LogP contribution in [0.15, 0.2) is 29.0 Å². The number of hydrogen-bond donors (Lipinski definition) is 1. The lowest BCUT2D eigenvalue weighted by Crippen LogP contribution is -2.55. The third-order valence-corrected chi connectivity index (χ3v) is 9.39. The molecule has 2 fully saturated rings. The van der Waals surface area contributed by atoms with Crippen LogP contribution in [0.2, 0.25) is 0 Å². The van der Waals surface area contributed by atoms with E-state index in [1.807, 2.05) is 39.5 Å². The van der Waals surface area contributed by atoms with Crippen LogP contribution < -0.4 is 4.90 Å². The molecule has 11 heteroatoms. The fourth-order valence-corrected chi connectivity index (χ4v) is 6.98. The number of carbonyl (C=O) groups excluding carboxylic acids is 2. The maximum absolute atomic E-state index is 14.9. The second-order valence-corrected chi connectivity index (χ2v) is 14.2. The van der Waals surface area contributed by atoms with E-state index >= 15 is 0 Å². The molecule has 9 nitrogen and oxygen atoms in total. The van der Waals surface area contributed by atoms with Crippen LogP contribution >= 0.6 is 15.9 Å². The van der Waals surface area contributed by atoms with Crippen molar-refractivity contribution in [1.82, 2.24) is 19.8 Å². The van der Waals surface area contributed by atoms with Gasteiger partial charge in [-0.05, 0) is 93.4 Å². The molecule has 1 aliphatic carbocycles. The number of rotatable bonds is 4. The van der Waals surface area contributed by atoms with Crippen LogP contribution in [0, 0.1) is 5.82 Å². The van der Waals surface area contributed by atoms with E-state index in [1.54, 1.807) is 17.0 Å². The predicted octanol–water partition coefficient (Wildman–Crippen LogP) is 5.53. The van der Waals surface area contributed by atoms with Crippen molar-refractivity contribution in [2.75, 3.05) is 31.1 Å². The first-order valence-electron chi connectivity index (χ1n) is 14.7. The number of benzene rings is 1. The quantitative estimate of drug-likeness (QED) is 0.467. The topological polar surface area (TPSA) is 99.1 Å². The van der Waals surface area contributed by atoms with Gasteiger partial charge in [-0.2, -0.15) is 0 Å². The van der Waals surface area contributed by atoms with E-state index < -0.39 is 41.1 Å². The fraction of sp³-hybridized carbons (Fsp3) is 0.613. The van der Waals surface area contributed by atoms with E-state index in [9.17, 15) is 19.1 Å². The Hall–Kier alpha value is -2.79. The Morgan fingerprint density at radius 2 is 1.86 bits per heavy atom. The molecule has 0 saturated carbocycles. The summed E-state index contributed by atoms with van der Waals surface area (Å²) in [5.74, 6) is -0.384. The summed E-state index contributed by atoms with van der Waals surface area (Å²) in [6.07, 6.45) is 2.35. The molecule has 0 bridgehead atoms. The largest absolute Gasteiger partial charge is 0.444 e. The van der Waals surface area contributed by atoms with Gasteiger partial charge in [0.25, 0.3) is 0 Å². The molecule has 3 heterocycles. The summed E-state index contributed by atoms with van der Waals surface area (Å²) in [7, 11) is 0. The molecule has 4 atom stereocenters. The summed E-state index contributed by atoms with van der Waals surface area (Å²) in [6, 6.07) is 4.29. The molecule has 228 valence electrons. The number of halogens is 2. The Labute approximate surface area is 255 Å². The van der Waals surface area contributed by atoms with E-state index in [0.29, 0.717) is 61.2 Å². The van der Waals surface area contributed by atoms with E-state index in [2.05, 4.69) is 37.7 Å². The minimum Gasteiger partial charge on any atom is -0.444 e. The summed E-state index contributed by atoms with van der Waals surface area (Å²) in [5.41, 5.74) is 0.973. The molecule has 1 unspecified atom stereocenters. The number of amides is 2. The maximum atomic E-state index is 14.9. The first-order chi connectivity index (χ1) is 19.7. The zero-order valence-electron chi connectivity index (χ0n) is 25.2. The second kappa shape index (κ2) is 11.4. The number of carbonyl (C=O) groups is 2. The highest BCUT2D eigenvalue weighted by atomic mass is 79.9. The highest BCUT2D eigenvalue weighted by Crippen LogP contribution is 2.44. The first-order valence-corrected chi connectivity index (χ1v) is 15.5. The van der Waals surface area contributed by atoms with Crippen LogP contribution in [0.5, 0.6) is 0 Å². The highest BCUT2D eigenvalue weighted by molar-refractivity contribution is 9.10. The average Bonchev–Trinajstić information content (AvgIpc) is 3.39. The minimum absolute atomic E-state index is 0.135. The SMILES string of the molecule is C[C@@H]1C[C@@H](O)c2ncnc(N3CCN(C(=O)[C@@H](c4ccc(Br)c(F)c4)C4CCC(C)(C)N4C(=O)OC(C)(C)C)CC3)c21. The van der Waals surface area contributed by atoms with Crippen LogP contribution in [-0.2, 0) is 9.53 Å². The van der Waals surface area contributed by atoms with Crippen molar-refractivity contribution >= 4 is 33.7 Å². The normalized spacial score (nSPS) is 24.5. The van der Waals surface area contributed by atoms with E-state index in [-0.39, 0.29) is 11.8 Å². The lowest BCUT2D eigenvalue weighted by atomic mass is 9.88. The van der Waals surface area contributed by atoms with Gasteiger partial charge in [0.05, 0.1) is 28.2 Å². The molecule has 0 radical (unpaired) electrons. The van der Waals surface area contributed by atoms with Gasteiger partial charge in [-0.3, -0.25) is 9.69 Å². The summed E-state index contributed by atoms with van der Waals surface area (Å²) >= 11 is 3.23. The van der Waals surface area contributed by atoms with Gasteiger partial charge in [-0.15, -0.1) is 0 Å². The highest BCUT2D eigenvalue weighted by Gasteiger charge is 2.50. The fourth-order valence-electron chi connectivity index (χ4n) is 6.73. The van der Waals surface area contributed by atoms with Crippen LogP contribution in [0.3, 0.4) is 0 Å². The van der Waals surface area contributed by atoms with Gasteiger partial charge in [-0.25, -0.2) is 19.2 Å². The average molecular weight is 647 g/mol. The Balaban J connectivity index is 1.43. The van der Waals surface area contributed by atoms with Gasteiger partial charge in [0.15, 0.2) is 0 Å². The van der Waals surface area contributed by atoms with Crippen molar-refractivity contribution in [1.29, 1.82) is 0 Å². The number of aromatic nitrogens is 2. The number of ether oxygens (including phenoxy) is 1. The van der Waals surface area contributed by atoms with Gasteiger partial charge < -0.3 is 19.6 Å².